The summed E-state index contributed by atoms with van der Waals surface area (Å²) in [6, 6.07) is 10.4. The lowest BCUT2D eigenvalue weighted by atomic mass is 9.70. The van der Waals surface area contributed by atoms with E-state index in [4.69, 9.17) is 26.3 Å². The first-order valence-corrected chi connectivity index (χ1v) is 6.52. The summed E-state index contributed by atoms with van der Waals surface area (Å²) in [5.41, 5.74) is -0.532. The molecule has 0 aliphatic carbocycles. The third kappa shape index (κ3) is 6.40. The van der Waals surface area contributed by atoms with Crippen molar-refractivity contribution in [2.75, 3.05) is 0 Å². The molecule has 0 aliphatic rings. The van der Waals surface area contributed by atoms with Crippen molar-refractivity contribution < 1.29 is 0 Å². The lowest BCUT2D eigenvalue weighted by Crippen LogP contribution is -2.24. The van der Waals surface area contributed by atoms with Crippen LogP contribution in [0.1, 0.15) is 51.4 Å². The van der Waals surface area contributed by atoms with Crippen molar-refractivity contribution in [3.63, 3.8) is 0 Å². The highest BCUT2D eigenvalue weighted by molar-refractivity contribution is 4.98. The van der Waals surface area contributed by atoms with Crippen molar-refractivity contribution in [2.45, 2.75) is 51.4 Å². The second kappa shape index (κ2) is 10.4. The van der Waals surface area contributed by atoms with E-state index in [9.17, 15) is 0 Å². The molecule has 0 aromatic heterocycles. The van der Waals surface area contributed by atoms with Gasteiger partial charge in [-0.2, -0.15) is 26.3 Å². The van der Waals surface area contributed by atoms with Crippen molar-refractivity contribution in [1.82, 2.24) is 0 Å². The minimum Gasteiger partial charge on any atom is -0.198 e. The van der Waals surface area contributed by atoms with Crippen molar-refractivity contribution in [3.8, 4) is 30.3 Å². The van der Waals surface area contributed by atoms with E-state index < -0.39 is 5.41 Å². The van der Waals surface area contributed by atoms with Crippen LogP contribution in [0.3, 0.4) is 0 Å². The quantitative estimate of drug-likeness (QED) is 0.634. The summed E-state index contributed by atoms with van der Waals surface area (Å²) >= 11 is 0. The zero-order chi connectivity index (χ0) is 15.3. The molecular weight excluding hydrogens is 250 g/mol. The Hall–Kier alpha value is -2.55. The monoisotopic (exact) mass is 267 g/mol. The maximum Gasteiger partial charge on any atom is 0.0627 e. The highest BCUT2D eigenvalue weighted by Gasteiger charge is 2.32. The zero-order valence-electron chi connectivity index (χ0n) is 11.5. The molecule has 102 valence electrons. The van der Waals surface area contributed by atoms with Gasteiger partial charge in [0.15, 0.2) is 0 Å². The Morgan fingerprint density at radius 1 is 0.750 bits per heavy atom. The first-order valence-electron chi connectivity index (χ1n) is 6.52. The summed E-state index contributed by atoms with van der Waals surface area (Å²) in [4.78, 5) is 0. The molecule has 20 heavy (non-hydrogen) atoms. The summed E-state index contributed by atoms with van der Waals surface area (Å²) in [6.45, 7) is 0. The molecule has 0 rings (SSSR count). The molecular formula is C15H17N5. The number of nitriles is 5. The van der Waals surface area contributed by atoms with Gasteiger partial charge in [0.05, 0.1) is 30.3 Å². The SMILES string of the molecule is N#CCCC(CC#N)CC(CC#N)(CC#N)CCC#N. The molecule has 5 heteroatoms. The van der Waals surface area contributed by atoms with Crippen molar-refractivity contribution in [3.05, 3.63) is 0 Å². The largest absolute Gasteiger partial charge is 0.198 e. The van der Waals surface area contributed by atoms with Gasteiger partial charge in [0.25, 0.3) is 0 Å². The summed E-state index contributed by atoms with van der Waals surface area (Å²) in [5.74, 6) is 0.0000397. The van der Waals surface area contributed by atoms with Crippen LogP contribution >= 0.6 is 0 Å². The topological polar surface area (TPSA) is 119 Å². The predicted molar refractivity (Wildman–Crippen MR) is 70.9 cm³/mol. The molecule has 1 unspecified atom stereocenters. The van der Waals surface area contributed by atoms with Crippen molar-refractivity contribution >= 4 is 0 Å². The fourth-order valence-electron chi connectivity index (χ4n) is 2.43. The van der Waals surface area contributed by atoms with Crippen LogP contribution in [0.25, 0.3) is 0 Å². The third-order valence-corrected chi connectivity index (χ3v) is 3.44. The van der Waals surface area contributed by atoms with Crippen molar-refractivity contribution in [2.24, 2.45) is 11.3 Å². The molecule has 0 N–H and O–H groups in total. The van der Waals surface area contributed by atoms with Crippen LogP contribution < -0.4 is 0 Å². The Balaban J connectivity index is 5.03. The van der Waals surface area contributed by atoms with E-state index >= 15 is 0 Å². The van der Waals surface area contributed by atoms with Gasteiger partial charge < -0.3 is 0 Å². The Morgan fingerprint density at radius 2 is 1.35 bits per heavy atom. The second-order valence-corrected chi connectivity index (χ2v) is 4.96. The normalized spacial score (nSPS) is 11.2. The van der Waals surface area contributed by atoms with Gasteiger partial charge in [-0.15, -0.1) is 0 Å². The maximum absolute atomic E-state index is 8.99. The minimum atomic E-state index is -0.532. The highest BCUT2D eigenvalue weighted by atomic mass is 14.4. The average Bonchev–Trinajstić information content (AvgIpc) is 2.43. The highest BCUT2D eigenvalue weighted by Crippen LogP contribution is 2.40. The predicted octanol–water partition coefficient (Wildman–Crippen LogP) is 3.33. The van der Waals surface area contributed by atoms with E-state index in [0.29, 0.717) is 38.5 Å². The molecule has 0 radical (unpaired) electrons. The van der Waals surface area contributed by atoms with Crippen LogP contribution in [0.2, 0.25) is 0 Å². The van der Waals surface area contributed by atoms with E-state index in [1.165, 1.54) is 0 Å². The molecule has 0 heterocycles. The zero-order valence-corrected chi connectivity index (χ0v) is 11.5. The molecule has 0 aromatic carbocycles. The maximum atomic E-state index is 8.99. The van der Waals surface area contributed by atoms with Gasteiger partial charge in [0, 0.05) is 32.1 Å². The standard InChI is InChI=1S/C15H17N5/c16-8-1-3-14(4-10-18)13-15(6-11-19,7-12-20)5-2-9-17/h14H,1-7,13H2. The fraction of sp³-hybridized carbons (Fsp3) is 0.667. The number of nitrogens with zero attached hydrogens (tertiary/aromatic N) is 5. The minimum absolute atomic E-state index is 0.0000397. The van der Waals surface area contributed by atoms with Gasteiger partial charge in [-0.25, -0.2) is 0 Å². The Kier molecular flexibility index (Phi) is 9.06. The van der Waals surface area contributed by atoms with Gasteiger partial charge in [-0.05, 0) is 30.6 Å². The van der Waals surface area contributed by atoms with E-state index in [1.54, 1.807) is 0 Å². The molecule has 5 nitrogen and oxygen atoms in total. The van der Waals surface area contributed by atoms with E-state index in [-0.39, 0.29) is 18.8 Å². The molecule has 0 saturated carbocycles. The molecule has 0 bridgehead atoms. The summed E-state index contributed by atoms with van der Waals surface area (Å²) < 4.78 is 0. The number of rotatable bonds is 9. The van der Waals surface area contributed by atoms with E-state index in [0.717, 1.165) is 0 Å². The number of hydrogen-bond acceptors (Lipinski definition) is 5. The second-order valence-electron chi connectivity index (χ2n) is 4.96. The molecule has 0 aliphatic heterocycles. The van der Waals surface area contributed by atoms with Gasteiger partial charge in [-0.3, -0.25) is 0 Å². The van der Waals surface area contributed by atoms with E-state index in [2.05, 4.69) is 30.3 Å². The fourth-order valence-corrected chi connectivity index (χ4v) is 2.43. The summed E-state index contributed by atoms with van der Waals surface area (Å²) in [7, 11) is 0. The lowest BCUT2D eigenvalue weighted by Gasteiger charge is -2.31. The summed E-state index contributed by atoms with van der Waals surface area (Å²) in [5, 5.41) is 44.2. The Labute approximate surface area is 120 Å². The molecule has 0 aromatic rings. The van der Waals surface area contributed by atoms with E-state index in [1.807, 2.05) is 0 Å². The first-order chi connectivity index (χ1) is 9.67. The van der Waals surface area contributed by atoms with Crippen LogP contribution in [-0.4, -0.2) is 0 Å². The van der Waals surface area contributed by atoms with Crippen LogP contribution in [0.5, 0.6) is 0 Å². The van der Waals surface area contributed by atoms with Crippen molar-refractivity contribution in [1.29, 1.82) is 26.3 Å². The van der Waals surface area contributed by atoms with Crippen LogP contribution in [-0.2, 0) is 0 Å². The molecule has 1 atom stereocenters. The van der Waals surface area contributed by atoms with Crippen LogP contribution in [0.15, 0.2) is 0 Å². The van der Waals surface area contributed by atoms with Gasteiger partial charge in [0.1, 0.15) is 0 Å². The number of hydrogen-bond donors (Lipinski definition) is 0. The molecule has 0 saturated heterocycles. The molecule has 0 fully saturated rings. The average molecular weight is 267 g/mol. The van der Waals surface area contributed by atoms with Gasteiger partial charge in [0.2, 0.25) is 0 Å². The Morgan fingerprint density at radius 3 is 1.80 bits per heavy atom. The Bertz CT molecular complexity index is 473. The summed E-state index contributed by atoms with van der Waals surface area (Å²) in [6.07, 6.45) is 3.00. The third-order valence-electron chi connectivity index (χ3n) is 3.44. The van der Waals surface area contributed by atoms with Crippen LogP contribution in [0.4, 0.5) is 0 Å². The molecule has 0 amide bonds. The first kappa shape index (κ1) is 17.4. The van der Waals surface area contributed by atoms with Gasteiger partial charge in [-0.1, -0.05) is 0 Å². The lowest BCUT2D eigenvalue weighted by molar-refractivity contribution is 0.202. The smallest absolute Gasteiger partial charge is 0.0627 e. The van der Waals surface area contributed by atoms with Crippen LogP contribution in [0, 0.1) is 68.0 Å². The van der Waals surface area contributed by atoms with Gasteiger partial charge >= 0.3 is 0 Å². The molecule has 0 spiro atoms.